The van der Waals surface area contributed by atoms with E-state index < -0.39 is 0 Å². The summed E-state index contributed by atoms with van der Waals surface area (Å²) >= 11 is 0. The zero-order valence-corrected chi connectivity index (χ0v) is 14.8. The van der Waals surface area contributed by atoms with E-state index in [1.807, 2.05) is 18.2 Å². The van der Waals surface area contributed by atoms with Crippen LogP contribution in [-0.2, 0) is 0 Å². The SMILES string of the molecule is N#Cc1cccc(Nc2nncc(Nc3ccc(N4CCCC4)cc3)n2)c1. The molecule has 3 aromatic rings. The van der Waals surface area contributed by atoms with Crippen LogP contribution in [0.15, 0.2) is 54.7 Å². The van der Waals surface area contributed by atoms with Gasteiger partial charge in [-0.3, -0.25) is 0 Å². The summed E-state index contributed by atoms with van der Waals surface area (Å²) in [5.41, 5.74) is 3.50. The number of benzene rings is 2. The summed E-state index contributed by atoms with van der Waals surface area (Å²) in [5.74, 6) is 0.960. The first-order valence-electron chi connectivity index (χ1n) is 8.89. The lowest BCUT2D eigenvalue weighted by molar-refractivity contribution is 0.949. The van der Waals surface area contributed by atoms with Crippen LogP contribution < -0.4 is 15.5 Å². The molecule has 0 saturated carbocycles. The van der Waals surface area contributed by atoms with Crippen molar-refractivity contribution >= 4 is 28.8 Å². The molecule has 0 aliphatic carbocycles. The fraction of sp³-hybridized carbons (Fsp3) is 0.200. The number of aromatic nitrogens is 3. The van der Waals surface area contributed by atoms with Crippen molar-refractivity contribution in [3.8, 4) is 6.07 Å². The Morgan fingerprint density at radius 1 is 0.963 bits per heavy atom. The molecule has 7 heteroatoms. The van der Waals surface area contributed by atoms with Crippen LogP contribution in [0.25, 0.3) is 0 Å². The van der Waals surface area contributed by atoms with Gasteiger partial charge in [0.15, 0.2) is 5.82 Å². The standard InChI is InChI=1S/C20H19N7/c21-13-15-4-3-5-17(12-15)24-20-25-19(14-22-26-20)23-16-6-8-18(9-7-16)27-10-1-2-11-27/h3-9,12,14H,1-2,10-11H2,(H2,23,24,25,26). The maximum absolute atomic E-state index is 8.99. The van der Waals surface area contributed by atoms with Gasteiger partial charge in [-0.2, -0.15) is 15.3 Å². The molecule has 0 atom stereocenters. The van der Waals surface area contributed by atoms with E-state index in [1.54, 1.807) is 24.4 Å². The summed E-state index contributed by atoms with van der Waals surface area (Å²) in [6.45, 7) is 2.26. The highest BCUT2D eigenvalue weighted by molar-refractivity contribution is 5.62. The Bertz CT molecular complexity index is 957. The van der Waals surface area contributed by atoms with E-state index in [2.05, 4.69) is 48.9 Å². The van der Waals surface area contributed by atoms with Crippen molar-refractivity contribution in [3.63, 3.8) is 0 Å². The first-order chi connectivity index (χ1) is 13.3. The van der Waals surface area contributed by atoms with E-state index >= 15 is 0 Å². The highest BCUT2D eigenvalue weighted by Crippen LogP contribution is 2.23. The highest BCUT2D eigenvalue weighted by Gasteiger charge is 2.12. The predicted molar refractivity (Wildman–Crippen MR) is 105 cm³/mol. The van der Waals surface area contributed by atoms with Crippen molar-refractivity contribution < 1.29 is 0 Å². The minimum atomic E-state index is 0.365. The number of nitrogens with zero attached hydrogens (tertiary/aromatic N) is 5. The first-order valence-corrected chi connectivity index (χ1v) is 8.89. The van der Waals surface area contributed by atoms with E-state index in [4.69, 9.17) is 5.26 Å². The summed E-state index contributed by atoms with van der Waals surface area (Å²) in [6.07, 6.45) is 4.10. The number of hydrogen-bond donors (Lipinski definition) is 2. The Morgan fingerprint density at radius 3 is 2.56 bits per heavy atom. The van der Waals surface area contributed by atoms with Gasteiger partial charge in [-0.05, 0) is 55.3 Å². The molecule has 2 heterocycles. The van der Waals surface area contributed by atoms with Crippen molar-refractivity contribution in [2.75, 3.05) is 28.6 Å². The van der Waals surface area contributed by atoms with Gasteiger partial charge in [0, 0.05) is 30.2 Å². The summed E-state index contributed by atoms with van der Waals surface area (Å²) in [5, 5.41) is 23.3. The molecular weight excluding hydrogens is 338 g/mol. The first kappa shape index (κ1) is 16.8. The van der Waals surface area contributed by atoms with Gasteiger partial charge in [0.25, 0.3) is 0 Å². The zero-order valence-electron chi connectivity index (χ0n) is 14.8. The maximum Gasteiger partial charge on any atom is 0.249 e. The lowest BCUT2D eigenvalue weighted by Gasteiger charge is -2.17. The van der Waals surface area contributed by atoms with E-state index in [9.17, 15) is 0 Å². The fourth-order valence-electron chi connectivity index (χ4n) is 3.09. The Labute approximate surface area is 157 Å². The van der Waals surface area contributed by atoms with E-state index in [1.165, 1.54) is 18.5 Å². The van der Waals surface area contributed by atoms with Crippen LogP contribution in [0.3, 0.4) is 0 Å². The highest BCUT2D eigenvalue weighted by atomic mass is 15.3. The van der Waals surface area contributed by atoms with Crippen LogP contribution in [0.4, 0.5) is 28.8 Å². The largest absolute Gasteiger partial charge is 0.372 e. The normalized spacial score (nSPS) is 13.2. The molecule has 7 nitrogen and oxygen atoms in total. The second-order valence-corrected chi connectivity index (χ2v) is 6.35. The van der Waals surface area contributed by atoms with E-state index in [0.29, 0.717) is 17.3 Å². The summed E-state index contributed by atoms with van der Waals surface area (Å²) in [7, 11) is 0. The Hall–Kier alpha value is -3.66. The lowest BCUT2D eigenvalue weighted by atomic mass is 10.2. The Kier molecular flexibility index (Phi) is 4.79. The molecule has 0 unspecified atom stereocenters. The second kappa shape index (κ2) is 7.70. The molecule has 0 amide bonds. The predicted octanol–water partition coefficient (Wildman–Crippen LogP) is 3.83. The van der Waals surface area contributed by atoms with Gasteiger partial charge in [0.1, 0.15) is 0 Å². The second-order valence-electron chi connectivity index (χ2n) is 6.35. The average molecular weight is 357 g/mol. The molecule has 1 aromatic heterocycles. The van der Waals surface area contributed by atoms with Crippen molar-refractivity contribution in [1.82, 2.24) is 15.2 Å². The molecule has 0 spiro atoms. The molecule has 134 valence electrons. The number of anilines is 5. The number of nitriles is 1. The number of hydrogen-bond acceptors (Lipinski definition) is 7. The Morgan fingerprint density at radius 2 is 1.78 bits per heavy atom. The monoisotopic (exact) mass is 357 g/mol. The van der Waals surface area contributed by atoms with Gasteiger partial charge in [0.2, 0.25) is 5.95 Å². The third kappa shape index (κ3) is 4.12. The van der Waals surface area contributed by atoms with Gasteiger partial charge in [-0.1, -0.05) is 6.07 Å². The lowest BCUT2D eigenvalue weighted by Crippen LogP contribution is -2.17. The average Bonchev–Trinajstić information content (AvgIpc) is 3.24. The van der Waals surface area contributed by atoms with E-state index in [-0.39, 0.29) is 0 Å². The molecule has 1 saturated heterocycles. The smallest absolute Gasteiger partial charge is 0.249 e. The minimum Gasteiger partial charge on any atom is -0.372 e. The summed E-state index contributed by atoms with van der Waals surface area (Å²) in [6, 6.07) is 17.6. The topological polar surface area (TPSA) is 89.8 Å². The summed E-state index contributed by atoms with van der Waals surface area (Å²) < 4.78 is 0. The minimum absolute atomic E-state index is 0.365. The summed E-state index contributed by atoms with van der Waals surface area (Å²) in [4.78, 5) is 6.83. The molecule has 0 radical (unpaired) electrons. The van der Waals surface area contributed by atoms with Gasteiger partial charge in [-0.25, -0.2) is 0 Å². The van der Waals surface area contributed by atoms with E-state index in [0.717, 1.165) is 24.5 Å². The molecule has 2 aromatic carbocycles. The molecule has 27 heavy (non-hydrogen) atoms. The molecular formula is C20H19N7. The van der Waals surface area contributed by atoms with Crippen LogP contribution in [0.1, 0.15) is 18.4 Å². The number of nitrogens with one attached hydrogen (secondary N) is 2. The van der Waals surface area contributed by atoms with Crippen LogP contribution >= 0.6 is 0 Å². The molecule has 0 bridgehead atoms. The van der Waals surface area contributed by atoms with Crippen LogP contribution in [-0.4, -0.2) is 28.3 Å². The van der Waals surface area contributed by atoms with Crippen LogP contribution in [0.2, 0.25) is 0 Å². The maximum atomic E-state index is 8.99. The molecule has 1 aliphatic heterocycles. The molecule has 1 fully saturated rings. The van der Waals surface area contributed by atoms with Crippen LogP contribution in [0, 0.1) is 11.3 Å². The third-order valence-electron chi connectivity index (χ3n) is 4.42. The van der Waals surface area contributed by atoms with Gasteiger partial charge in [0.05, 0.1) is 17.8 Å². The van der Waals surface area contributed by atoms with Crippen LogP contribution in [0.5, 0.6) is 0 Å². The van der Waals surface area contributed by atoms with Crippen molar-refractivity contribution in [2.24, 2.45) is 0 Å². The Balaban J connectivity index is 1.45. The fourth-order valence-corrected chi connectivity index (χ4v) is 3.09. The van der Waals surface area contributed by atoms with Crippen molar-refractivity contribution in [3.05, 3.63) is 60.3 Å². The van der Waals surface area contributed by atoms with Crippen molar-refractivity contribution in [2.45, 2.75) is 12.8 Å². The van der Waals surface area contributed by atoms with Crippen molar-refractivity contribution in [1.29, 1.82) is 5.26 Å². The zero-order chi connectivity index (χ0) is 18.5. The third-order valence-corrected chi connectivity index (χ3v) is 4.42. The molecule has 4 rings (SSSR count). The molecule has 2 N–H and O–H groups in total. The van der Waals surface area contributed by atoms with Gasteiger partial charge < -0.3 is 15.5 Å². The van der Waals surface area contributed by atoms with Gasteiger partial charge >= 0.3 is 0 Å². The number of rotatable bonds is 5. The quantitative estimate of drug-likeness (QED) is 0.717. The van der Waals surface area contributed by atoms with Gasteiger partial charge in [-0.15, -0.1) is 5.10 Å². The molecule has 1 aliphatic rings.